The molecule has 4 aromatic rings. The second kappa shape index (κ2) is 11.5. The van der Waals surface area contributed by atoms with Crippen LogP contribution in [0, 0.1) is 24.0 Å². The monoisotopic (exact) mass is 669 g/mol. The third-order valence-electron chi connectivity index (χ3n) is 11.7. The topological polar surface area (TPSA) is 83.0 Å². The lowest BCUT2D eigenvalue weighted by Crippen LogP contribution is -2.65. The summed E-state index contributed by atoms with van der Waals surface area (Å²) in [6, 6.07) is 9.27. The minimum atomic E-state index is -0.919. The molecule has 0 aliphatic carbocycles. The van der Waals surface area contributed by atoms with Gasteiger partial charge in [0.2, 0.25) is 0 Å². The van der Waals surface area contributed by atoms with E-state index >= 15 is 4.39 Å². The molecule has 0 saturated carbocycles. The van der Waals surface area contributed by atoms with E-state index < -0.39 is 23.3 Å². The lowest BCUT2D eigenvalue weighted by Gasteiger charge is -2.45. The summed E-state index contributed by atoms with van der Waals surface area (Å²) in [7, 11) is 0. The van der Waals surface area contributed by atoms with E-state index in [1.807, 2.05) is 0 Å². The number of benzene rings is 3. The summed E-state index contributed by atoms with van der Waals surface area (Å²) in [5.41, 5.74) is -0.290. The van der Waals surface area contributed by atoms with Crippen molar-refractivity contribution in [2.75, 3.05) is 44.3 Å². The first-order valence-electron chi connectivity index (χ1n) is 17.3. The highest BCUT2D eigenvalue weighted by atomic mass is 19.1. The molecule has 0 spiro atoms. The quantitative estimate of drug-likeness (QED) is 0.247. The number of fused-ring (bicyclic) bond motifs is 5. The number of aromatic nitrogens is 2. The second-order valence-corrected chi connectivity index (χ2v) is 14.6. The molecule has 3 aromatic carbocycles. The van der Waals surface area contributed by atoms with Gasteiger partial charge in [0.15, 0.2) is 5.82 Å². The molecular weight excluding hydrogens is 631 g/mol. The predicted octanol–water partition coefficient (Wildman–Crippen LogP) is 5.86. The van der Waals surface area contributed by atoms with Crippen LogP contribution in [0.1, 0.15) is 50.5 Å². The van der Waals surface area contributed by atoms with Gasteiger partial charge >= 0.3 is 6.01 Å². The first kappa shape index (κ1) is 30.9. The fraction of sp³-hybridized carbons (Fsp3) is 0.474. The van der Waals surface area contributed by atoms with Crippen molar-refractivity contribution >= 4 is 27.5 Å². The van der Waals surface area contributed by atoms with Gasteiger partial charge in [0.25, 0.3) is 0 Å². The molecule has 11 heteroatoms. The number of nitrogens with zero attached hydrogens (tertiary/aromatic N) is 4. The van der Waals surface area contributed by atoms with Crippen molar-refractivity contribution in [2.24, 2.45) is 0 Å². The van der Waals surface area contributed by atoms with Crippen molar-refractivity contribution in [2.45, 2.75) is 74.3 Å². The summed E-state index contributed by atoms with van der Waals surface area (Å²) in [6.07, 6.45) is 11.0. The van der Waals surface area contributed by atoms with Crippen molar-refractivity contribution in [1.29, 1.82) is 0 Å². The molecule has 1 aromatic heterocycles. The number of hydrogen-bond donors (Lipinski definition) is 2. The van der Waals surface area contributed by atoms with Crippen LogP contribution in [-0.4, -0.2) is 88.8 Å². The number of piperazine rings is 1. The molecule has 2 N–H and O–H groups in total. The van der Waals surface area contributed by atoms with E-state index in [-0.39, 0.29) is 58.3 Å². The van der Waals surface area contributed by atoms with Crippen LogP contribution in [-0.2, 0) is 4.74 Å². The molecule has 5 fully saturated rings. The van der Waals surface area contributed by atoms with Crippen LogP contribution in [0.2, 0.25) is 0 Å². The smallest absolute Gasteiger partial charge is 0.319 e. The van der Waals surface area contributed by atoms with Gasteiger partial charge in [-0.1, -0.05) is 18.1 Å². The Bertz CT molecular complexity index is 2030. The van der Waals surface area contributed by atoms with Gasteiger partial charge in [-0.2, -0.15) is 9.97 Å². The Hall–Kier alpha value is -4.11. The molecule has 2 bridgehead atoms. The maximum atomic E-state index is 17.1. The maximum Gasteiger partial charge on any atom is 0.319 e. The van der Waals surface area contributed by atoms with E-state index in [2.05, 4.69) is 26.0 Å². The maximum absolute atomic E-state index is 17.1. The van der Waals surface area contributed by atoms with Gasteiger partial charge in [-0.05, 0) is 80.3 Å². The van der Waals surface area contributed by atoms with Gasteiger partial charge in [-0.3, -0.25) is 4.90 Å². The van der Waals surface area contributed by atoms with Crippen LogP contribution in [0.5, 0.6) is 11.8 Å². The molecule has 8 nitrogen and oxygen atoms in total. The normalized spacial score (nSPS) is 29.6. The first-order valence-corrected chi connectivity index (χ1v) is 17.3. The van der Waals surface area contributed by atoms with E-state index in [0.29, 0.717) is 48.0 Å². The van der Waals surface area contributed by atoms with Crippen LogP contribution >= 0.6 is 0 Å². The number of phenolic OH excluding ortho intramolecular Hbond substituents is 1. The molecule has 0 radical (unpaired) electrons. The van der Waals surface area contributed by atoms with Crippen molar-refractivity contribution in [3.63, 3.8) is 0 Å². The zero-order valence-corrected chi connectivity index (χ0v) is 27.2. The second-order valence-electron chi connectivity index (χ2n) is 14.6. The SMILES string of the molecule is C#Cc1c(F)ccc2cc(O)cc(-c3ccc4c(N5C[C@H]6CC[C@@]([C@@H]7CCCO7)(C5)N6)nc(OC[C@@]56CCCN5C[C@H](F)C6)nc4c3F)c12. The van der Waals surface area contributed by atoms with Crippen molar-refractivity contribution < 1.29 is 27.8 Å². The molecule has 5 aliphatic rings. The van der Waals surface area contributed by atoms with Gasteiger partial charge in [0.05, 0.1) is 22.7 Å². The predicted molar refractivity (Wildman–Crippen MR) is 181 cm³/mol. The van der Waals surface area contributed by atoms with Crippen molar-refractivity contribution in [3.8, 4) is 35.2 Å². The largest absolute Gasteiger partial charge is 0.508 e. The zero-order valence-electron chi connectivity index (χ0n) is 27.2. The lowest BCUT2D eigenvalue weighted by atomic mass is 9.88. The standard InChI is InChI=1S/C38H38F3N5O3/c1-2-26-30(40)9-6-22-15-25(47)16-29(32(22)26)27-7-8-28-34(33(27)41)42-36(49-21-37-11-4-13-46(37)18-23(39)17-37)43-35(28)45-19-24-10-12-38(20-45,44-24)31-5-3-14-48-31/h1,6-9,15-16,23-24,31,44,47H,3-5,10-14,17-21H2/t23-,24-,31+,37+,38+/m1/s1. The Morgan fingerprint density at radius 3 is 2.82 bits per heavy atom. The third-order valence-corrected chi connectivity index (χ3v) is 11.7. The van der Waals surface area contributed by atoms with Crippen LogP contribution in [0.15, 0.2) is 36.4 Å². The Labute approximate surface area is 282 Å². The van der Waals surface area contributed by atoms with Gasteiger partial charge in [-0.15, -0.1) is 6.42 Å². The molecule has 5 atom stereocenters. The Morgan fingerprint density at radius 1 is 1.08 bits per heavy atom. The van der Waals surface area contributed by atoms with Crippen LogP contribution < -0.4 is 15.0 Å². The van der Waals surface area contributed by atoms with Gasteiger partial charge in [0, 0.05) is 55.0 Å². The number of rotatable bonds is 6. The van der Waals surface area contributed by atoms with Gasteiger partial charge < -0.3 is 24.8 Å². The summed E-state index contributed by atoms with van der Waals surface area (Å²) in [6.45, 7) is 3.45. The number of aromatic hydroxyl groups is 1. The number of hydrogen-bond acceptors (Lipinski definition) is 8. The molecule has 5 saturated heterocycles. The molecule has 0 unspecified atom stereocenters. The van der Waals surface area contributed by atoms with Crippen LogP contribution in [0.4, 0.5) is 19.0 Å². The molecule has 5 aliphatic heterocycles. The molecule has 0 amide bonds. The van der Waals surface area contributed by atoms with E-state index in [4.69, 9.17) is 20.9 Å². The Kier molecular flexibility index (Phi) is 7.24. The van der Waals surface area contributed by atoms with E-state index in [1.165, 1.54) is 24.3 Å². The number of alkyl halides is 1. The first-order chi connectivity index (χ1) is 23.8. The minimum absolute atomic E-state index is 0.0155. The third kappa shape index (κ3) is 4.94. The highest BCUT2D eigenvalue weighted by molar-refractivity contribution is 6.04. The van der Waals surface area contributed by atoms with Gasteiger partial charge in [0.1, 0.15) is 35.7 Å². The number of phenols is 1. The highest BCUT2D eigenvalue weighted by Gasteiger charge is 2.52. The highest BCUT2D eigenvalue weighted by Crippen LogP contribution is 2.44. The summed E-state index contributed by atoms with van der Waals surface area (Å²) in [5, 5.41) is 15.8. The molecule has 254 valence electrons. The zero-order chi connectivity index (χ0) is 33.5. The fourth-order valence-corrected chi connectivity index (χ4v) is 9.51. The van der Waals surface area contributed by atoms with Crippen molar-refractivity contribution in [1.82, 2.24) is 20.2 Å². The number of terminal acetylenes is 1. The Balaban J connectivity index is 1.19. The van der Waals surface area contributed by atoms with Crippen LogP contribution in [0.3, 0.4) is 0 Å². The lowest BCUT2D eigenvalue weighted by molar-refractivity contribution is 0.0326. The summed E-state index contributed by atoms with van der Waals surface area (Å²) < 4.78 is 59.2. The summed E-state index contributed by atoms with van der Waals surface area (Å²) in [4.78, 5) is 14.0. The number of nitrogens with one attached hydrogen (secondary N) is 1. The van der Waals surface area contributed by atoms with E-state index in [9.17, 15) is 13.9 Å². The van der Waals surface area contributed by atoms with Crippen LogP contribution in [0.25, 0.3) is 32.8 Å². The molecular formula is C38H38F3N5O3. The molecule has 6 heterocycles. The number of anilines is 1. The molecule has 9 rings (SSSR count). The number of ether oxygens (including phenoxy) is 2. The number of halogens is 3. The molecule has 49 heavy (non-hydrogen) atoms. The summed E-state index contributed by atoms with van der Waals surface area (Å²) >= 11 is 0. The van der Waals surface area contributed by atoms with E-state index in [1.54, 1.807) is 12.1 Å². The fourth-order valence-electron chi connectivity index (χ4n) is 9.51. The van der Waals surface area contributed by atoms with E-state index in [0.717, 1.165) is 51.7 Å². The Morgan fingerprint density at radius 2 is 1.98 bits per heavy atom. The van der Waals surface area contributed by atoms with Crippen molar-refractivity contribution in [3.05, 3.63) is 53.6 Å². The minimum Gasteiger partial charge on any atom is -0.508 e. The van der Waals surface area contributed by atoms with Gasteiger partial charge in [-0.25, -0.2) is 13.2 Å². The average molecular weight is 670 g/mol. The average Bonchev–Trinajstić information content (AvgIpc) is 3.88. The summed E-state index contributed by atoms with van der Waals surface area (Å²) in [5.74, 6) is 1.59.